The second-order valence-corrected chi connectivity index (χ2v) is 6.36. The van der Waals surface area contributed by atoms with Gasteiger partial charge in [0.15, 0.2) is 63.9 Å². The van der Waals surface area contributed by atoms with E-state index in [1.54, 1.807) is 0 Å². The van der Waals surface area contributed by atoms with E-state index in [2.05, 4.69) is 4.65 Å². The van der Waals surface area contributed by atoms with Crippen LogP contribution in [0.3, 0.4) is 0 Å². The highest BCUT2D eigenvalue weighted by atomic mass is 19.2. The maximum absolute atomic E-state index is 14.3. The van der Waals surface area contributed by atoms with Gasteiger partial charge in [0, 0.05) is 10.9 Å². The lowest BCUT2D eigenvalue weighted by Gasteiger charge is -2.21. The third kappa shape index (κ3) is 3.82. The van der Waals surface area contributed by atoms with Crippen LogP contribution in [0.2, 0.25) is 0 Å². The summed E-state index contributed by atoms with van der Waals surface area (Å²) in [4.78, 5) is 0. The van der Waals surface area contributed by atoms with Gasteiger partial charge in [0.25, 0.3) is 0 Å². The van der Waals surface area contributed by atoms with Crippen molar-refractivity contribution in [3.63, 3.8) is 0 Å². The van der Waals surface area contributed by atoms with Crippen LogP contribution in [-0.2, 0) is 0 Å². The van der Waals surface area contributed by atoms with Gasteiger partial charge in [0.1, 0.15) is 0 Å². The zero-order valence-corrected chi connectivity index (χ0v) is 15.7. The molecule has 0 saturated carbocycles. The molecule has 0 heterocycles. The first-order chi connectivity index (χ1) is 16.1. The summed E-state index contributed by atoms with van der Waals surface area (Å²) in [6.45, 7) is -3.89. The van der Waals surface area contributed by atoms with Gasteiger partial charge in [-0.3, -0.25) is 0 Å². The summed E-state index contributed by atoms with van der Waals surface area (Å²) in [5, 5.41) is 0. The quantitative estimate of drug-likeness (QED) is 0.202. The van der Waals surface area contributed by atoms with Crippen molar-refractivity contribution in [1.82, 2.24) is 0 Å². The Morgan fingerprint density at radius 2 is 0.486 bits per heavy atom. The Morgan fingerprint density at radius 3 is 0.743 bits per heavy atom. The van der Waals surface area contributed by atoms with Crippen LogP contribution >= 0.6 is 0 Å². The van der Waals surface area contributed by atoms with Crippen molar-refractivity contribution in [1.29, 1.82) is 0 Å². The lowest BCUT2D eigenvalue weighted by Crippen LogP contribution is -2.55. The highest BCUT2D eigenvalue weighted by molar-refractivity contribution is 6.80. The molecular weight excluding hydrogens is 528 g/mol. The van der Waals surface area contributed by atoms with Gasteiger partial charge in [0.05, 0.1) is 0 Å². The van der Waals surface area contributed by atoms with Gasteiger partial charge in [-0.2, -0.15) is 8.78 Å². The molecule has 0 N–H and O–H groups in total. The lowest BCUT2D eigenvalue weighted by atomic mass is 9.54. The average molecular weight is 528 g/mol. The topological polar surface area (TPSA) is 9.23 Å². The fourth-order valence-electron chi connectivity index (χ4n) is 2.77. The van der Waals surface area contributed by atoms with Gasteiger partial charge in [-0.15, -0.1) is 0 Å². The molecule has 0 aromatic heterocycles. The maximum Gasteiger partial charge on any atom is 0.439 e. The standard InChI is InChI=1S/C18BF15O/c20-3-1(4(21)8(25)11(28)7(3)24)19(2-5(22)9(26)12(29)10(27)6(2)23)35-18-16(33)14(31)13(30)15(32)17(18)34. The van der Waals surface area contributed by atoms with Crippen LogP contribution in [0.1, 0.15) is 0 Å². The molecule has 0 aliphatic carbocycles. The summed E-state index contributed by atoms with van der Waals surface area (Å²) >= 11 is 0. The molecule has 0 spiro atoms. The third-order valence-electron chi connectivity index (χ3n) is 4.42. The van der Waals surface area contributed by atoms with E-state index < -0.39 is 111 Å². The van der Waals surface area contributed by atoms with Crippen molar-refractivity contribution in [3.05, 3.63) is 87.3 Å². The molecule has 0 amide bonds. The first-order valence-electron chi connectivity index (χ1n) is 8.35. The van der Waals surface area contributed by atoms with E-state index >= 15 is 0 Å². The molecule has 0 radical (unpaired) electrons. The summed E-state index contributed by atoms with van der Waals surface area (Å²) in [6.07, 6.45) is 0. The van der Waals surface area contributed by atoms with Crippen LogP contribution in [0.15, 0.2) is 0 Å². The van der Waals surface area contributed by atoms with Crippen molar-refractivity contribution >= 4 is 17.8 Å². The largest absolute Gasteiger partial charge is 0.547 e. The maximum atomic E-state index is 14.3. The zero-order valence-electron chi connectivity index (χ0n) is 15.7. The predicted molar refractivity (Wildman–Crippen MR) is 84.3 cm³/mol. The average Bonchev–Trinajstić information content (AvgIpc) is 2.83. The number of rotatable bonds is 4. The molecule has 17 heteroatoms. The number of halogens is 15. The molecular formula is C18BF15O. The van der Waals surface area contributed by atoms with Crippen LogP contribution in [0.25, 0.3) is 0 Å². The minimum absolute atomic E-state index is 2.60. The number of hydrogen-bond donors (Lipinski definition) is 0. The molecule has 35 heavy (non-hydrogen) atoms. The Kier molecular flexibility index (Phi) is 6.65. The van der Waals surface area contributed by atoms with E-state index in [4.69, 9.17) is 0 Å². The Labute approximate surface area is 182 Å². The fraction of sp³-hybridized carbons (Fsp3) is 0. The van der Waals surface area contributed by atoms with Crippen LogP contribution in [-0.4, -0.2) is 6.92 Å². The van der Waals surface area contributed by atoms with Crippen LogP contribution in [0.4, 0.5) is 65.9 Å². The van der Waals surface area contributed by atoms with Crippen molar-refractivity contribution in [2.45, 2.75) is 0 Å². The van der Waals surface area contributed by atoms with Gasteiger partial charge in [-0.1, -0.05) is 0 Å². The van der Waals surface area contributed by atoms with Gasteiger partial charge in [-0.05, 0) is 0 Å². The number of hydrogen-bond acceptors (Lipinski definition) is 1. The SMILES string of the molecule is Fc1c(F)c(F)c(OB(c2c(F)c(F)c(F)c(F)c2F)c2c(F)c(F)c(F)c(F)c2F)c(F)c1F. The molecule has 0 saturated heterocycles. The highest BCUT2D eigenvalue weighted by Gasteiger charge is 2.44. The van der Waals surface area contributed by atoms with E-state index in [1.165, 1.54) is 0 Å². The van der Waals surface area contributed by atoms with Crippen molar-refractivity contribution in [2.24, 2.45) is 0 Å². The first kappa shape index (κ1) is 26.1. The van der Waals surface area contributed by atoms with Crippen LogP contribution in [0.5, 0.6) is 5.75 Å². The third-order valence-corrected chi connectivity index (χ3v) is 4.42. The zero-order chi connectivity index (χ0) is 26.7. The number of benzene rings is 3. The predicted octanol–water partition coefficient (Wildman–Crippen LogP) is 4.96. The van der Waals surface area contributed by atoms with Crippen LogP contribution < -0.4 is 15.6 Å². The Bertz CT molecular complexity index is 1230. The second kappa shape index (κ2) is 8.92. The Morgan fingerprint density at radius 1 is 0.286 bits per heavy atom. The van der Waals surface area contributed by atoms with Crippen molar-refractivity contribution < 1.29 is 70.5 Å². The van der Waals surface area contributed by atoms with Gasteiger partial charge in [0.2, 0.25) is 29.1 Å². The van der Waals surface area contributed by atoms with E-state index in [0.29, 0.717) is 0 Å². The fourth-order valence-corrected chi connectivity index (χ4v) is 2.77. The molecule has 0 bridgehead atoms. The minimum Gasteiger partial charge on any atom is -0.547 e. The summed E-state index contributed by atoms with van der Waals surface area (Å²) in [6, 6.07) is 0. The molecule has 3 rings (SSSR count). The van der Waals surface area contributed by atoms with E-state index in [1.807, 2.05) is 0 Å². The molecule has 1 nitrogen and oxygen atoms in total. The molecule has 0 atom stereocenters. The monoisotopic (exact) mass is 528 g/mol. The molecule has 186 valence electrons. The van der Waals surface area contributed by atoms with Gasteiger partial charge >= 0.3 is 6.92 Å². The van der Waals surface area contributed by atoms with Crippen molar-refractivity contribution in [2.75, 3.05) is 0 Å². The normalized spacial score (nSPS) is 11.3. The lowest BCUT2D eigenvalue weighted by molar-refractivity contribution is 0.348. The summed E-state index contributed by atoms with van der Waals surface area (Å²) < 4.78 is 211. The molecule has 3 aromatic carbocycles. The first-order valence-corrected chi connectivity index (χ1v) is 8.35. The van der Waals surface area contributed by atoms with Crippen molar-refractivity contribution in [3.8, 4) is 5.75 Å². The summed E-state index contributed by atoms with van der Waals surface area (Å²) in [7, 11) is 0. The molecule has 0 unspecified atom stereocenters. The highest BCUT2D eigenvalue weighted by Crippen LogP contribution is 2.30. The molecule has 0 aliphatic heterocycles. The summed E-state index contributed by atoms with van der Waals surface area (Å²) in [5.74, 6) is -46.8. The smallest absolute Gasteiger partial charge is 0.439 e. The van der Waals surface area contributed by atoms with Gasteiger partial charge in [-0.25, -0.2) is 57.1 Å². The van der Waals surface area contributed by atoms with E-state index in [-0.39, 0.29) is 0 Å². The Hall–Kier alpha value is -3.53. The van der Waals surface area contributed by atoms with E-state index in [9.17, 15) is 65.9 Å². The van der Waals surface area contributed by atoms with Crippen LogP contribution in [0, 0.1) is 87.3 Å². The van der Waals surface area contributed by atoms with E-state index in [0.717, 1.165) is 0 Å². The molecule has 3 aromatic rings. The summed E-state index contributed by atoms with van der Waals surface area (Å²) in [5.41, 5.74) is -5.21. The van der Waals surface area contributed by atoms with Gasteiger partial charge < -0.3 is 4.65 Å². The second-order valence-electron chi connectivity index (χ2n) is 6.36. The molecule has 0 fully saturated rings. The Balaban J connectivity index is 2.49. The minimum atomic E-state index is -3.89. The molecule has 0 aliphatic rings.